The fraction of sp³-hybridized carbons (Fsp3) is 0.625. The standard InChI is InChI=1S/C16H26N4O2/c1-4-17-16(20-13-10-12(13)3)19-8-5-7-18-15(21)14-11(2)6-9-22-14/h6,9,12-13H,4-5,7-8,10H2,1-3H3,(H,18,21)(H2,17,19,20). The molecule has 6 nitrogen and oxygen atoms in total. The maximum absolute atomic E-state index is 11.9. The molecule has 0 spiro atoms. The zero-order chi connectivity index (χ0) is 15.9. The van der Waals surface area contributed by atoms with E-state index in [1.165, 1.54) is 12.7 Å². The first kappa shape index (κ1) is 16.4. The molecule has 0 saturated heterocycles. The molecule has 1 amide bonds. The Morgan fingerprint density at radius 2 is 2.23 bits per heavy atom. The molecule has 1 aromatic heterocycles. The fourth-order valence-electron chi connectivity index (χ4n) is 2.18. The molecule has 0 bridgehead atoms. The Bertz CT molecular complexity index is 524. The molecule has 122 valence electrons. The number of hydrogen-bond donors (Lipinski definition) is 3. The van der Waals surface area contributed by atoms with Crippen molar-refractivity contribution in [2.24, 2.45) is 10.9 Å². The molecule has 2 atom stereocenters. The lowest BCUT2D eigenvalue weighted by Gasteiger charge is -2.10. The molecule has 2 unspecified atom stereocenters. The second-order valence-corrected chi connectivity index (χ2v) is 5.77. The minimum atomic E-state index is -0.164. The first-order valence-corrected chi connectivity index (χ1v) is 7.99. The molecule has 1 aliphatic rings. The van der Waals surface area contributed by atoms with Crippen LogP contribution < -0.4 is 16.0 Å². The van der Waals surface area contributed by atoms with E-state index in [1.54, 1.807) is 6.07 Å². The Kier molecular flexibility index (Phi) is 5.86. The van der Waals surface area contributed by atoms with Crippen LogP contribution in [0.1, 0.15) is 42.8 Å². The fourth-order valence-corrected chi connectivity index (χ4v) is 2.18. The molecular weight excluding hydrogens is 280 g/mol. The van der Waals surface area contributed by atoms with Gasteiger partial charge >= 0.3 is 0 Å². The van der Waals surface area contributed by atoms with Crippen molar-refractivity contribution in [1.82, 2.24) is 16.0 Å². The Labute approximate surface area is 131 Å². The molecular formula is C16H26N4O2. The predicted octanol–water partition coefficient (Wildman–Crippen LogP) is 1.67. The minimum absolute atomic E-state index is 0.164. The monoisotopic (exact) mass is 306 g/mol. The summed E-state index contributed by atoms with van der Waals surface area (Å²) in [6, 6.07) is 2.34. The molecule has 2 rings (SSSR count). The van der Waals surface area contributed by atoms with Crippen molar-refractivity contribution in [2.45, 2.75) is 39.7 Å². The molecule has 1 fully saturated rings. The number of nitrogens with zero attached hydrogens (tertiary/aromatic N) is 1. The molecule has 1 aliphatic carbocycles. The first-order valence-electron chi connectivity index (χ1n) is 7.99. The zero-order valence-corrected chi connectivity index (χ0v) is 13.6. The highest BCUT2D eigenvalue weighted by Gasteiger charge is 2.33. The van der Waals surface area contributed by atoms with Gasteiger partial charge in [0.05, 0.1) is 6.26 Å². The van der Waals surface area contributed by atoms with Crippen LogP contribution in [0, 0.1) is 12.8 Å². The Balaban J connectivity index is 1.67. The van der Waals surface area contributed by atoms with Gasteiger partial charge in [-0.3, -0.25) is 9.79 Å². The zero-order valence-electron chi connectivity index (χ0n) is 13.6. The van der Waals surface area contributed by atoms with Crippen molar-refractivity contribution in [3.05, 3.63) is 23.7 Å². The maximum Gasteiger partial charge on any atom is 0.287 e. The van der Waals surface area contributed by atoms with Gasteiger partial charge in [-0.25, -0.2) is 0 Å². The molecule has 3 N–H and O–H groups in total. The third-order valence-corrected chi connectivity index (χ3v) is 3.73. The van der Waals surface area contributed by atoms with Crippen LogP contribution in [-0.4, -0.2) is 37.5 Å². The summed E-state index contributed by atoms with van der Waals surface area (Å²) in [6.07, 6.45) is 3.53. The van der Waals surface area contributed by atoms with Gasteiger partial charge in [-0.05, 0) is 38.7 Å². The number of carbonyl (C=O) groups excluding carboxylic acids is 1. The van der Waals surface area contributed by atoms with E-state index in [-0.39, 0.29) is 5.91 Å². The first-order chi connectivity index (χ1) is 10.6. The summed E-state index contributed by atoms with van der Waals surface area (Å²) in [5.74, 6) is 1.83. The number of amides is 1. The van der Waals surface area contributed by atoms with E-state index in [9.17, 15) is 4.79 Å². The van der Waals surface area contributed by atoms with Gasteiger partial charge < -0.3 is 20.4 Å². The number of nitrogens with one attached hydrogen (secondary N) is 3. The second kappa shape index (κ2) is 7.87. The second-order valence-electron chi connectivity index (χ2n) is 5.77. The Morgan fingerprint density at radius 1 is 1.45 bits per heavy atom. The topological polar surface area (TPSA) is 78.7 Å². The van der Waals surface area contributed by atoms with Gasteiger partial charge in [0, 0.05) is 31.2 Å². The highest BCUT2D eigenvalue weighted by atomic mass is 16.3. The normalized spacial score (nSPS) is 20.6. The number of aryl methyl sites for hydroxylation is 1. The van der Waals surface area contributed by atoms with Crippen molar-refractivity contribution in [3.63, 3.8) is 0 Å². The highest BCUT2D eigenvalue weighted by molar-refractivity contribution is 5.92. The van der Waals surface area contributed by atoms with Gasteiger partial charge in [0.2, 0.25) is 0 Å². The van der Waals surface area contributed by atoms with Crippen LogP contribution in [0.25, 0.3) is 0 Å². The summed E-state index contributed by atoms with van der Waals surface area (Å²) in [4.78, 5) is 16.4. The molecule has 0 aliphatic heterocycles. The SMILES string of the molecule is CCNC(=NCCCNC(=O)c1occc1C)NC1CC1C. The van der Waals surface area contributed by atoms with Crippen molar-refractivity contribution in [1.29, 1.82) is 0 Å². The highest BCUT2D eigenvalue weighted by Crippen LogP contribution is 2.28. The number of guanidine groups is 1. The molecule has 22 heavy (non-hydrogen) atoms. The van der Waals surface area contributed by atoms with E-state index in [0.717, 1.165) is 30.4 Å². The van der Waals surface area contributed by atoms with Crippen molar-refractivity contribution in [2.75, 3.05) is 19.6 Å². The largest absolute Gasteiger partial charge is 0.459 e. The van der Waals surface area contributed by atoms with Crippen molar-refractivity contribution < 1.29 is 9.21 Å². The van der Waals surface area contributed by atoms with E-state index in [0.29, 0.717) is 24.9 Å². The quantitative estimate of drug-likeness (QED) is 0.407. The van der Waals surface area contributed by atoms with Crippen LogP contribution in [0.2, 0.25) is 0 Å². The lowest BCUT2D eigenvalue weighted by Crippen LogP contribution is -2.39. The van der Waals surface area contributed by atoms with Crippen LogP contribution in [0.15, 0.2) is 21.7 Å². The van der Waals surface area contributed by atoms with E-state index in [4.69, 9.17) is 4.42 Å². The van der Waals surface area contributed by atoms with Gasteiger partial charge in [-0.1, -0.05) is 6.92 Å². The molecule has 1 heterocycles. The number of rotatable bonds is 7. The van der Waals surface area contributed by atoms with Crippen LogP contribution >= 0.6 is 0 Å². The van der Waals surface area contributed by atoms with E-state index >= 15 is 0 Å². The Hall–Kier alpha value is -1.98. The smallest absolute Gasteiger partial charge is 0.287 e. The van der Waals surface area contributed by atoms with Crippen LogP contribution in [0.5, 0.6) is 0 Å². The summed E-state index contributed by atoms with van der Waals surface area (Å²) in [5, 5.41) is 9.50. The summed E-state index contributed by atoms with van der Waals surface area (Å²) < 4.78 is 5.15. The van der Waals surface area contributed by atoms with E-state index < -0.39 is 0 Å². The molecule has 0 radical (unpaired) electrons. The summed E-state index contributed by atoms with van der Waals surface area (Å²) in [5.41, 5.74) is 0.854. The lowest BCUT2D eigenvalue weighted by molar-refractivity contribution is 0.0925. The number of aliphatic imine (C=N–C) groups is 1. The molecule has 1 saturated carbocycles. The average Bonchev–Trinajstić information content (AvgIpc) is 2.99. The van der Waals surface area contributed by atoms with E-state index in [2.05, 4.69) is 34.8 Å². The summed E-state index contributed by atoms with van der Waals surface area (Å²) in [6.45, 7) is 8.25. The Morgan fingerprint density at radius 3 is 2.82 bits per heavy atom. The molecule has 6 heteroatoms. The summed E-state index contributed by atoms with van der Waals surface area (Å²) in [7, 11) is 0. The van der Waals surface area contributed by atoms with Crippen LogP contribution in [0.3, 0.4) is 0 Å². The van der Waals surface area contributed by atoms with E-state index in [1.807, 2.05) is 6.92 Å². The van der Waals surface area contributed by atoms with Crippen molar-refractivity contribution >= 4 is 11.9 Å². The van der Waals surface area contributed by atoms with Crippen LogP contribution in [0.4, 0.5) is 0 Å². The number of furan rings is 1. The lowest BCUT2D eigenvalue weighted by atomic mass is 10.2. The van der Waals surface area contributed by atoms with Gasteiger partial charge in [0.1, 0.15) is 0 Å². The minimum Gasteiger partial charge on any atom is -0.459 e. The van der Waals surface area contributed by atoms with Crippen molar-refractivity contribution in [3.8, 4) is 0 Å². The number of hydrogen-bond acceptors (Lipinski definition) is 3. The van der Waals surface area contributed by atoms with Crippen LogP contribution in [-0.2, 0) is 0 Å². The van der Waals surface area contributed by atoms with Gasteiger partial charge in [-0.15, -0.1) is 0 Å². The maximum atomic E-state index is 11.9. The molecule has 0 aromatic carbocycles. The summed E-state index contributed by atoms with van der Waals surface area (Å²) >= 11 is 0. The average molecular weight is 306 g/mol. The van der Waals surface area contributed by atoms with Gasteiger partial charge in [-0.2, -0.15) is 0 Å². The van der Waals surface area contributed by atoms with Gasteiger partial charge in [0.15, 0.2) is 11.7 Å². The predicted molar refractivity (Wildman–Crippen MR) is 87.1 cm³/mol. The van der Waals surface area contributed by atoms with Gasteiger partial charge in [0.25, 0.3) is 5.91 Å². The third kappa shape index (κ3) is 4.79. The number of carbonyl (C=O) groups is 1. The molecule has 1 aromatic rings. The third-order valence-electron chi connectivity index (χ3n) is 3.73.